The second-order valence-corrected chi connectivity index (χ2v) is 4.41. The van der Waals surface area contributed by atoms with E-state index in [1.807, 2.05) is 24.6 Å². The minimum Gasteiger partial charge on any atom is -0.327 e. The zero-order chi connectivity index (χ0) is 13.8. The van der Waals surface area contributed by atoms with Crippen molar-refractivity contribution in [3.05, 3.63) is 17.5 Å². The molecule has 18 heavy (non-hydrogen) atoms. The normalized spacial score (nSPS) is 13.9. The van der Waals surface area contributed by atoms with Crippen LogP contribution in [-0.2, 0) is 19.4 Å². The van der Waals surface area contributed by atoms with Crippen molar-refractivity contribution in [2.45, 2.75) is 58.3 Å². The topological polar surface area (TPSA) is 43.8 Å². The first-order valence-corrected chi connectivity index (χ1v) is 6.23. The molecule has 1 heterocycles. The average Bonchev–Trinajstić information content (AvgIpc) is 2.68. The molecule has 0 spiro atoms. The molecule has 0 aliphatic carbocycles. The Morgan fingerprint density at radius 1 is 1.39 bits per heavy atom. The van der Waals surface area contributed by atoms with Crippen LogP contribution >= 0.6 is 0 Å². The molecular formula is C12H20F3N3. The fourth-order valence-corrected chi connectivity index (χ4v) is 1.85. The van der Waals surface area contributed by atoms with Crippen molar-refractivity contribution >= 4 is 0 Å². The Morgan fingerprint density at radius 2 is 2.06 bits per heavy atom. The van der Waals surface area contributed by atoms with Crippen LogP contribution in [0.4, 0.5) is 13.2 Å². The van der Waals surface area contributed by atoms with Gasteiger partial charge in [0.1, 0.15) is 0 Å². The van der Waals surface area contributed by atoms with Gasteiger partial charge in [-0.3, -0.25) is 4.68 Å². The Labute approximate surface area is 105 Å². The third-order valence-electron chi connectivity index (χ3n) is 2.85. The lowest BCUT2D eigenvalue weighted by atomic mass is 10.1. The summed E-state index contributed by atoms with van der Waals surface area (Å²) in [5.74, 6) is 0. The summed E-state index contributed by atoms with van der Waals surface area (Å²) in [7, 11) is 0. The lowest BCUT2D eigenvalue weighted by Gasteiger charge is -2.13. The Morgan fingerprint density at radius 3 is 2.56 bits per heavy atom. The number of hydrogen-bond acceptors (Lipinski definition) is 2. The van der Waals surface area contributed by atoms with Crippen LogP contribution in [0.25, 0.3) is 0 Å². The molecular weight excluding hydrogens is 243 g/mol. The summed E-state index contributed by atoms with van der Waals surface area (Å²) in [6.07, 6.45) is -3.74. The standard InChI is InChI=1S/C12H20F3N3/c1-3-10-8-11(18(4-2)17-10)7-9(16)5-6-12(13,14)15/h8-9H,3-7,16H2,1-2H3. The molecule has 1 aromatic heterocycles. The summed E-state index contributed by atoms with van der Waals surface area (Å²) < 4.78 is 38.1. The SMILES string of the molecule is CCc1cc(CC(N)CCC(F)(F)F)n(CC)n1. The summed E-state index contributed by atoms with van der Waals surface area (Å²) in [4.78, 5) is 0. The third kappa shape index (κ3) is 4.68. The van der Waals surface area contributed by atoms with Crippen LogP contribution in [0.3, 0.4) is 0 Å². The van der Waals surface area contributed by atoms with E-state index >= 15 is 0 Å². The van der Waals surface area contributed by atoms with Crippen LogP contribution in [-0.4, -0.2) is 22.0 Å². The number of halogens is 3. The molecule has 104 valence electrons. The van der Waals surface area contributed by atoms with Gasteiger partial charge in [0.05, 0.1) is 5.69 Å². The molecule has 0 amide bonds. The first-order chi connectivity index (χ1) is 8.35. The molecule has 0 saturated heterocycles. The molecule has 1 unspecified atom stereocenters. The van der Waals surface area contributed by atoms with Crippen molar-refractivity contribution in [1.82, 2.24) is 9.78 Å². The summed E-state index contributed by atoms with van der Waals surface area (Å²) in [6, 6.07) is 1.45. The maximum atomic E-state index is 12.1. The predicted octanol–water partition coefficient (Wildman–Crippen LogP) is 2.68. The van der Waals surface area contributed by atoms with Crippen LogP contribution in [0.2, 0.25) is 0 Å². The number of nitrogens with zero attached hydrogens (tertiary/aromatic N) is 2. The maximum absolute atomic E-state index is 12.1. The lowest BCUT2D eigenvalue weighted by Crippen LogP contribution is -2.26. The second kappa shape index (κ2) is 6.22. The van der Waals surface area contributed by atoms with E-state index in [1.54, 1.807) is 0 Å². The van der Waals surface area contributed by atoms with Gasteiger partial charge in [-0.1, -0.05) is 6.92 Å². The van der Waals surface area contributed by atoms with Crippen molar-refractivity contribution < 1.29 is 13.2 Å². The number of nitrogens with two attached hydrogens (primary N) is 1. The van der Waals surface area contributed by atoms with Crippen LogP contribution in [0.5, 0.6) is 0 Å². The first-order valence-electron chi connectivity index (χ1n) is 6.23. The van der Waals surface area contributed by atoms with Crippen molar-refractivity contribution in [1.29, 1.82) is 0 Å². The van der Waals surface area contributed by atoms with E-state index in [-0.39, 0.29) is 6.42 Å². The first kappa shape index (κ1) is 15.0. The second-order valence-electron chi connectivity index (χ2n) is 4.41. The van der Waals surface area contributed by atoms with Crippen molar-refractivity contribution in [2.24, 2.45) is 5.73 Å². The number of rotatable bonds is 6. The van der Waals surface area contributed by atoms with E-state index in [0.717, 1.165) is 17.8 Å². The van der Waals surface area contributed by atoms with E-state index < -0.39 is 18.6 Å². The highest BCUT2D eigenvalue weighted by Crippen LogP contribution is 2.22. The van der Waals surface area contributed by atoms with Crippen LogP contribution in [0.15, 0.2) is 6.07 Å². The largest absolute Gasteiger partial charge is 0.389 e. The van der Waals surface area contributed by atoms with E-state index in [9.17, 15) is 13.2 Å². The molecule has 1 atom stereocenters. The minimum atomic E-state index is -4.13. The molecule has 2 N–H and O–H groups in total. The van der Waals surface area contributed by atoms with Crippen LogP contribution < -0.4 is 5.73 Å². The van der Waals surface area contributed by atoms with Crippen molar-refractivity contribution in [2.75, 3.05) is 0 Å². The fourth-order valence-electron chi connectivity index (χ4n) is 1.85. The molecule has 0 aliphatic rings. The van der Waals surface area contributed by atoms with Gasteiger partial charge in [0.15, 0.2) is 0 Å². The monoisotopic (exact) mass is 263 g/mol. The Balaban J connectivity index is 2.58. The fraction of sp³-hybridized carbons (Fsp3) is 0.750. The number of aryl methyl sites for hydroxylation is 2. The molecule has 0 fully saturated rings. The van der Waals surface area contributed by atoms with Gasteiger partial charge < -0.3 is 5.73 Å². The molecule has 0 bridgehead atoms. The number of alkyl halides is 3. The van der Waals surface area contributed by atoms with E-state index in [2.05, 4.69) is 5.10 Å². The summed E-state index contributed by atoms with van der Waals surface area (Å²) in [5.41, 5.74) is 7.62. The van der Waals surface area contributed by atoms with Gasteiger partial charge in [-0.05, 0) is 25.8 Å². The Kier molecular flexibility index (Phi) is 5.19. The van der Waals surface area contributed by atoms with E-state index in [1.165, 1.54) is 0 Å². The van der Waals surface area contributed by atoms with Gasteiger partial charge >= 0.3 is 6.18 Å². The van der Waals surface area contributed by atoms with Crippen LogP contribution in [0, 0.1) is 0 Å². The molecule has 0 radical (unpaired) electrons. The van der Waals surface area contributed by atoms with Gasteiger partial charge in [0, 0.05) is 31.1 Å². The van der Waals surface area contributed by atoms with Crippen molar-refractivity contribution in [3.63, 3.8) is 0 Å². The zero-order valence-corrected chi connectivity index (χ0v) is 10.8. The zero-order valence-electron chi connectivity index (χ0n) is 10.8. The molecule has 3 nitrogen and oxygen atoms in total. The van der Waals surface area contributed by atoms with Gasteiger partial charge in [-0.25, -0.2) is 0 Å². The summed E-state index contributed by atoms with van der Waals surface area (Å²) in [5, 5.41) is 4.35. The predicted molar refractivity (Wildman–Crippen MR) is 64.2 cm³/mol. The Hall–Kier alpha value is -1.04. The van der Waals surface area contributed by atoms with Gasteiger partial charge in [0.2, 0.25) is 0 Å². The molecule has 0 saturated carbocycles. The molecule has 1 rings (SSSR count). The average molecular weight is 263 g/mol. The maximum Gasteiger partial charge on any atom is 0.389 e. The van der Waals surface area contributed by atoms with Gasteiger partial charge in [-0.2, -0.15) is 18.3 Å². The Bertz CT molecular complexity index is 371. The van der Waals surface area contributed by atoms with Crippen LogP contribution in [0.1, 0.15) is 38.1 Å². The quantitative estimate of drug-likeness (QED) is 0.857. The highest BCUT2D eigenvalue weighted by atomic mass is 19.4. The molecule has 1 aromatic rings. The minimum absolute atomic E-state index is 0.0418. The summed E-state index contributed by atoms with van der Waals surface area (Å²) >= 11 is 0. The summed E-state index contributed by atoms with van der Waals surface area (Å²) in [6.45, 7) is 4.66. The molecule has 0 aliphatic heterocycles. The molecule has 6 heteroatoms. The smallest absolute Gasteiger partial charge is 0.327 e. The highest BCUT2D eigenvalue weighted by molar-refractivity contribution is 5.11. The number of aromatic nitrogens is 2. The highest BCUT2D eigenvalue weighted by Gasteiger charge is 2.27. The van der Waals surface area contributed by atoms with E-state index in [0.29, 0.717) is 13.0 Å². The van der Waals surface area contributed by atoms with Gasteiger partial charge in [0.25, 0.3) is 0 Å². The van der Waals surface area contributed by atoms with Crippen molar-refractivity contribution in [3.8, 4) is 0 Å². The van der Waals surface area contributed by atoms with Gasteiger partial charge in [-0.15, -0.1) is 0 Å². The molecule has 0 aromatic carbocycles. The van der Waals surface area contributed by atoms with E-state index in [4.69, 9.17) is 5.73 Å². The third-order valence-corrected chi connectivity index (χ3v) is 2.85. The number of hydrogen-bond donors (Lipinski definition) is 1. The lowest BCUT2D eigenvalue weighted by molar-refractivity contribution is -0.136.